The topological polar surface area (TPSA) is 192 Å². The molecular weight excluding hydrogens is 458 g/mol. The lowest BCUT2D eigenvalue weighted by atomic mass is 9.84. The number of carbonyl (C=O) groups excluding carboxylic acids is 3. The van der Waals surface area contributed by atoms with Crippen LogP contribution in [0.25, 0.3) is 10.8 Å². The molecule has 0 unspecified atom stereocenters. The van der Waals surface area contributed by atoms with Gasteiger partial charge in [0.25, 0.3) is 0 Å². The molecule has 3 amide bonds. The van der Waals surface area contributed by atoms with Gasteiger partial charge in [-0.05, 0) is 48.4 Å². The Balaban J connectivity index is 1.55. The molecule has 1 fully saturated rings. The number of amides is 3. The van der Waals surface area contributed by atoms with Gasteiger partial charge in [-0.15, -0.1) is 0 Å². The number of fused-ring (bicyclic) bond motifs is 1. The second-order valence-electron chi connectivity index (χ2n) is 9.43. The lowest BCUT2D eigenvalue weighted by Crippen LogP contribution is -2.51. The van der Waals surface area contributed by atoms with Gasteiger partial charge < -0.3 is 33.6 Å². The number of benzene rings is 2. The van der Waals surface area contributed by atoms with Crippen molar-refractivity contribution in [3.63, 3.8) is 0 Å². The molecule has 10 N–H and O–H groups in total. The molecule has 1 aliphatic rings. The average Bonchev–Trinajstić information content (AvgIpc) is 2.86. The molecule has 2 aromatic rings. The fraction of sp³-hybridized carbons (Fsp3) is 0.462. The summed E-state index contributed by atoms with van der Waals surface area (Å²) in [6, 6.07) is 12.1. The van der Waals surface area contributed by atoms with Crippen LogP contribution < -0.4 is 33.6 Å². The van der Waals surface area contributed by atoms with Crippen molar-refractivity contribution in [2.75, 3.05) is 6.54 Å². The van der Waals surface area contributed by atoms with Crippen molar-refractivity contribution >= 4 is 34.5 Å². The minimum absolute atomic E-state index is 0.00948. The minimum Gasteiger partial charge on any atom is -0.370 e. The Morgan fingerprint density at radius 3 is 2.53 bits per heavy atom. The zero-order valence-electron chi connectivity index (χ0n) is 20.5. The van der Waals surface area contributed by atoms with Gasteiger partial charge in [-0.2, -0.15) is 0 Å². The van der Waals surface area contributed by atoms with E-state index in [1.54, 1.807) is 0 Å². The van der Waals surface area contributed by atoms with Gasteiger partial charge >= 0.3 is 0 Å². The second kappa shape index (κ2) is 12.9. The van der Waals surface area contributed by atoms with Gasteiger partial charge in [0.1, 0.15) is 6.04 Å². The first-order valence-corrected chi connectivity index (χ1v) is 12.4. The Hall–Kier alpha value is -3.66. The highest BCUT2D eigenvalue weighted by Gasteiger charge is 2.31. The molecule has 0 aliphatic heterocycles. The number of nitrogens with two attached hydrogens (primary N) is 4. The van der Waals surface area contributed by atoms with Crippen molar-refractivity contribution < 1.29 is 14.4 Å². The molecule has 0 saturated heterocycles. The van der Waals surface area contributed by atoms with E-state index in [-0.39, 0.29) is 29.7 Å². The van der Waals surface area contributed by atoms with Crippen molar-refractivity contribution in [3.05, 3.63) is 48.0 Å². The Morgan fingerprint density at radius 1 is 1.03 bits per heavy atom. The summed E-state index contributed by atoms with van der Waals surface area (Å²) in [5, 5.41) is 7.91. The molecule has 0 aromatic heterocycles. The Kier molecular flexibility index (Phi) is 9.63. The third-order valence-electron chi connectivity index (χ3n) is 6.66. The number of nitrogens with one attached hydrogen (secondary N) is 2. The number of carbonyl (C=O) groups is 3. The molecule has 1 saturated carbocycles. The highest BCUT2D eigenvalue weighted by atomic mass is 16.2. The molecule has 36 heavy (non-hydrogen) atoms. The number of rotatable bonds is 11. The van der Waals surface area contributed by atoms with Crippen LogP contribution in [-0.2, 0) is 20.8 Å². The number of hydrogen-bond acceptors (Lipinski definition) is 5. The fourth-order valence-corrected chi connectivity index (χ4v) is 4.72. The van der Waals surface area contributed by atoms with Crippen LogP contribution in [0, 0.1) is 5.92 Å². The van der Waals surface area contributed by atoms with E-state index >= 15 is 0 Å². The van der Waals surface area contributed by atoms with E-state index in [2.05, 4.69) is 15.6 Å². The predicted octanol–water partition coefficient (Wildman–Crippen LogP) is 0.408. The summed E-state index contributed by atoms with van der Waals surface area (Å²) in [4.78, 5) is 41.7. The van der Waals surface area contributed by atoms with Crippen molar-refractivity contribution in [2.24, 2.45) is 33.8 Å². The van der Waals surface area contributed by atoms with Crippen LogP contribution >= 0.6 is 0 Å². The molecule has 10 nitrogen and oxygen atoms in total. The first-order valence-electron chi connectivity index (χ1n) is 12.4. The molecule has 194 valence electrons. The van der Waals surface area contributed by atoms with Gasteiger partial charge in [0.05, 0.1) is 6.04 Å². The lowest BCUT2D eigenvalue weighted by Gasteiger charge is -2.30. The SMILES string of the molecule is NC(=O)[C@H](Cc1cccc2ccccc12)NC(=O)[C@H]1CCC[C@H](NC(=O)[C@@H](N)CCCN=C(N)N)C1. The van der Waals surface area contributed by atoms with E-state index in [1.807, 2.05) is 42.5 Å². The Morgan fingerprint density at radius 2 is 1.78 bits per heavy atom. The van der Waals surface area contributed by atoms with Crippen LogP contribution in [0.4, 0.5) is 0 Å². The maximum absolute atomic E-state index is 13.1. The fourth-order valence-electron chi connectivity index (χ4n) is 4.72. The van der Waals surface area contributed by atoms with E-state index in [1.165, 1.54) is 0 Å². The molecule has 0 bridgehead atoms. The van der Waals surface area contributed by atoms with E-state index in [0.717, 1.165) is 29.2 Å². The van der Waals surface area contributed by atoms with Crippen molar-refractivity contribution in [3.8, 4) is 0 Å². The first-order chi connectivity index (χ1) is 17.2. The van der Waals surface area contributed by atoms with Gasteiger partial charge in [0.2, 0.25) is 17.7 Å². The van der Waals surface area contributed by atoms with E-state index in [9.17, 15) is 14.4 Å². The number of primary amides is 1. The monoisotopic (exact) mass is 495 g/mol. The smallest absolute Gasteiger partial charge is 0.240 e. The molecular formula is C26H37N7O3. The summed E-state index contributed by atoms with van der Waals surface area (Å²) in [6.07, 6.45) is 4.07. The predicted molar refractivity (Wildman–Crippen MR) is 141 cm³/mol. The zero-order valence-corrected chi connectivity index (χ0v) is 20.5. The summed E-state index contributed by atoms with van der Waals surface area (Å²) in [7, 11) is 0. The second-order valence-corrected chi connectivity index (χ2v) is 9.43. The molecule has 1 aliphatic carbocycles. The number of aliphatic imine (C=N–C) groups is 1. The van der Waals surface area contributed by atoms with Crippen LogP contribution in [0.15, 0.2) is 47.5 Å². The summed E-state index contributed by atoms with van der Waals surface area (Å²) < 4.78 is 0. The Bertz CT molecular complexity index is 1090. The van der Waals surface area contributed by atoms with Gasteiger partial charge in [-0.25, -0.2) is 0 Å². The molecule has 3 rings (SSSR count). The van der Waals surface area contributed by atoms with E-state index in [0.29, 0.717) is 38.6 Å². The molecule has 0 spiro atoms. The number of nitrogens with zero attached hydrogens (tertiary/aromatic N) is 1. The molecule has 0 radical (unpaired) electrons. The molecule has 0 heterocycles. The van der Waals surface area contributed by atoms with Crippen molar-refractivity contribution in [1.29, 1.82) is 0 Å². The largest absolute Gasteiger partial charge is 0.370 e. The third-order valence-corrected chi connectivity index (χ3v) is 6.66. The number of hydrogen-bond donors (Lipinski definition) is 6. The number of guanidine groups is 1. The summed E-state index contributed by atoms with van der Waals surface area (Å²) >= 11 is 0. The van der Waals surface area contributed by atoms with Gasteiger partial charge in [0.15, 0.2) is 5.96 Å². The maximum atomic E-state index is 13.1. The van der Waals surface area contributed by atoms with E-state index in [4.69, 9.17) is 22.9 Å². The lowest BCUT2D eigenvalue weighted by molar-refractivity contribution is -0.131. The molecule has 4 atom stereocenters. The van der Waals surface area contributed by atoms with Gasteiger partial charge in [-0.3, -0.25) is 19.4 Å². The average molecular weight is 496 g/mol. The highest BCUT2D eigenvalue weighted by Crippen LogP contribution is 2.25. The summed E-state index contributed by atoms with van der Waals surface area (Å²) in [5.74, 6) is -1.37. The highest BCUT2D eigenvalue weighted by molar-refractivity contribution is 5.90. The normalized spacial score (nSPS) is 19.1. The van der Waals surface area contributed by atoms with Crippen LogP contribution in [0.3, 0.4) is 0 Å². The van der Waals surface area contributed by atoms with E-state index < -0.39 is 18.0 Å². The zero-order chi connectivity index (χ0) is 26.1. The maximum Gasteiger partial charge on any atom is 0.240 e. The van der Waals surface area contributed by atoms with Crippen molar-refractivity contribution in [1.82, 2.24) is 10.6 Å². The summed E-state index contributed by atoms with van der Waals surface area (Å²) in [6.45, 7) is 0.411. The third kappa shape index (κ3) is 7.67. The molecule has 2 aromatic carbocycles. The standard InChI is InChI=1S/C26H37N7O3/c27-21(12-5-13-31-26(29)30)25(36)32-19-10-4-9-18(14-19)24(35)33-22(23(28)34)15-17-8-3-7-16-6-1-2-11-20(16)17/h1-3,6-8,11,18-19,21-22H,4-5,9-10,12-15,27H2,(H2,28,34)(H,32,36)(H,33,35)(H4,29,30,31)/t18-,19-,21-,22-/m0/s1. The summed E-state index contributed by atoms with van der Waals surface area (Å²) in [5.41, 5.74) is 23.2. The minimum atomic E-state index is -0.822. The van der Waals surface area contributed by atoms with Crippen LogP contribution in [0.5, 0.6) is 0 Å². The Labute approximate surface area is 211 Å². The quantitative estimate of drug-likeness (QED) is 0.148. The molecule has 10 heteroatoms. The van der Waals surface area contributed by atoms with Gasteiger partial charge in [0, 0.05) is 24.9 Å². The van der Waals surface area contributed by atoms with Crippen molar-refractivity contribution in [2.45, 2.75) is 63.1 Å². The van der Waals surface area contributed by atoms with Gasteiger partial charge in [-0.1, -0.05) is 48.9 Å². The van der Waals surface area contributed by atoms with Crippen LogP contribution in [0.1, 0.15) is 44.1 Å². The van der Waals surface area contributed by atoms with Crippen LogP contribution in [0.2, 0.25) is 0 Å². The van der Waals surface area contributed by atoms with Crippen LogP contribution in [-0.4, -0.2) is 48.4 Å². The first kappa shape index (κ1) is 26.9.